The van der Waals surface area contributed by atoms with Crippen LogP contribution in [0.25, 0.3) is 0 Å². The van der Waals surface area contributed by atoms with E-state index in [1.54, 1.807) is 7.05 Å². The molecule has 1 heterocycles. The lowest BCUT2D eigenvalue weighted by Gasteiger charge is -2.32. The standard InChI is InChI=1S/C9H13N3O3/c1-9(2,8(14)15)12(3)6-4-7(13)11-5-10-6/h4-5H,1-3H3,(H,14,15)(H,10,11,13). The van der Waals surface area contributed by atoms with Crippen molar-refractivity contribution >= 4 is 11.8 Å². The Kier molecular flexibility index (Phi) is 2.78. The van der Waals surface area contributed by atoms with Gasteiger partial charge in [-0.05, 0) is 13.8 Å². The molecular formula is C9H13N3O3. The molecule has 0 unspecified atom stereocenters. The molecule has 0 amide bonds. The Bertz CT molecular complexity index is 425. The maximum atomic E-state index is 11.0. The molecule has 0 aliphatic carbocycles. The van der Waals surface area contributed by atoms with Gasteiger partial charge in [0.25, 0.3) is 5.56 Å². The monoisotopic (exact) mass is 211 g/mol. The van der Waals surface area contributed by atoms with Crippen molar-refractivity contribution in [3.8, 4) is 0 Å². The zero-order valence-corrected chi connectivity index (χ0v) is 8.81. The van der Waals surface area contributed by atoms with Crippen LogP contribution in [0.2, 0.25) is 0 Å². The van der Waals surface area contributed by atoms with E-state index in [9.17, 15) is 9.59 Å². The predicted octanol–water partition coefficient (Wildman–Crippen LogP) is 0.0693. The summed E-state index contributed by atoms with van der Waals surface area (Å²) in [5.74, 6) is -0.654. The Morgan fingerprint density at radius 3 is 2.67 bits per heavy atom. The highest BCUT2D eigenvalue weighted by Crippen LogP contribution is 2.18. The van der Waals surface area contributed by atoms with Gasteiger partial charge in [0.2, 0.25) is 0 Å². The second-order valence-electron chi connectivity index (χ2n) is 3.69. The van der Waals surface area contributed by atoms with Crippen LogP contribution in [0, 0.1) is 0 Å². The SMILES string of the molecule is CN(c1cc(=O)[nH]cn1)C(C)(C)C(=O)O. The zero-order valence-electron chi connectivity index (χ0n) is 8.81. The van der Waals surface area contributed by atoms with Crippen molar-refractivity contribution in [3.63, 3.8) is 0 Å². The minimum absolute atomic E-state index is 0.312. The van der Waals surface area contributed by atoms with Gasteiger partial charge in [-0.2, -0.15) is 0 Å². The number of likely N-dealkylation sites (N-methyl/N-ethyl adjacent to an activating group) is 1. The number of anilines is 1. The number of nitrogens with one attached hydrogen (secondary N) is 1. The second-order valence-corrected chi connectivity index (χ2v) is 3.69. The smallest absolute Gasteiger partial charge is 0.328 e. The fourth-order valence-electron chi connectivity index (χ4n) is 0.971. The van der Waals surface area contributed by atoms with Gasteiger partial charge >= 0.3 is 5.97 Å². The van der Waals surface area contributed by atoms with E-state index in [-0.39, 0.29) is 5.56 Å². The number of hydrogen-bond acceptors (Lipinski definition) is 4. The summed E-state index contributed by atoms with van der Waals surface area (Å²) in [4.78, 5) is 29.7. The Morgan fingerprint density at radius 1 is 1.60 bits per heavy atom. The van der Waals surface area contributed by atoms with Crippen molar-refractivity contribution in [3.05, 3.63) is 22.7 Å². The molecule has 1 aromatic heterocycles. The lowest BCUT2D eigenvalue weighted by atomic mass is 10.0. The molecule has 1 aromatic rings. The molecule has 15 heavy (non-hydrogen) atoms. The third-order valence-electron chi connectivity index (χ3n) is 2.37. The van der Waals surface area contributed by atoms with Crippen molar-refractivity contribution in [2.75, 3.05) is 11.9 Å². The topological polar surface area (TPSA) is 86.3 Å². The van der Waals surface area contributed by atoms with Crippen LogP contribution < -0.4 is 10.5 Å². The summed E-state index contributed by atoms with van der Waals surface area (Å²) in [6, 6.07) is 1.25. The number of aliphatic carboxylic acids is 1. The minimum atomic E-state index is -1.11. The van der Waals surface area contributed by atoms with Crippen molar-refractivity contribution in [1.29, 1.82) is 0 Å². The minimum Gasteiger partial charge on any atom is -0.480 e. The molecule has 0 fully saturated rings. The van der Waals surface area contributed by atoms with Crippen LogP contribution in [0.5, 0.6) is 0 Å². The maximum absolute atomic E-state index is 11.0. The van der Waals surface area contributed by atoms with E-state index in [0.717, 1.165) is 0 Å². The molecule has 0 aliphatic rings. The van der Waals surface area contributed by atoms with Crippen molar-refractivity contribution in [1.82, 2.24) is 9.97 Å². The van der Waals surface area contributed by atoms with Crippen LogP contribution in [-0.2, 0) is 4.79 Å². The number of carboxylic acid groups (broad SMARTS) is 1. The highest BCUT2D eigenvalue weighted by Gasteiger charge is 2.32. The summed E-state index contributed by atoms with van der Waals surface area (Å²) in [5, 5.41) is 8.99. The molecule has 0 bridgehead atoms. The normalized spacial score (nSPS) is 11.1. The molecular weight excluding hydrogens is 198 g/mol. The average molecular weight is 211 g/mol. The molecule has 0 atom stereocenters. The number of nitrogens with zero attached hydrogens (tertiary/aromatic N) is 2. The van der Waals surface area contributed by atoms with E-state index in [4.69, 9.17) is 5.11 Å². The number of hydrogen-bond donors (Lipinski definition) is 2. The molecule has 0 aromatic carbocycles. The van der Waals surface area contributed by atoms with Crippen molar-refractivity contribution in [2.24, 2.45) is 0 Å². The van der Waals surface area contributed by atoms with Crippen LogP contribution in [0.4, 0.5) is 5.82 Å². The first-order valence-corrected chi connectivity index (χ1v) is 4.37. The molecule has 0 aliphatic heterocycles. The highest BCUT2D eigenvalue weighted by atomic mass is 16.4. The van der Waals surface area contributed by atoms with Crippen LogP contribution in [0.15, 0.2) is 17.2 Å². The van der Waals surface area contributed by atoms with Gasteiger partial charge in [0.15, 0.2) is 0 Å². The van der Waals surface area contributed by atoms with Gasteiger partial charge in [-0.15, -0.1) is 0 Å². The quantitative estimate of drug-likeness (QED) is 0.738. The number of H-pyrrole nitrogens is 1. The third-order valence-corrected chi connectivity index (χ3v) is 2.37. The highest BCUT2D eigenvalue weighted by molar-refractivity contribution is 5.81. The lowest BCUT2D eigenvalue weighted by molar-refractivity contribution is -0.142. The first kappa shape index (κ1) is 11.2. The second kappa shape index (κ2) is 3.72. The number of carboxylic acids is 1. The molecule has 6 nitrogen and oxygen atoms in total. The Balaban J connectivity index is 3.09. The fraction of sp³-hybridized carbons (Fsp3) is 0.444. The average Bonchev–Trinajstić information content (AvgIpc) is 2.16. The first-order valence-electron chi connectivity index (χ1n) is 4.37. The van der Waals surface area contributed by atoms with Gasteiger partial charge in [0, 0.05) is 13.1 Å². The van der Waals surface area contributed by atoms with Gasteiger partial charge in [0.05, 0.1) is 6.33 Å². The van der Waals surface area contributed by atoms with Gasteiger partial charge < -0.3 is 15.0 Å². The summed E-state index contributed by atoms with van der Waals surface area (Å²) < 4.78 is 0. The summed E-state index contributed by atoms with van der Waals surface area (Å²) in [7, 11) is 1.58. The van der Waals surface area contributed by atoms with Crippen LogP contribution >= 0.6 is 0 Å². The Labute approximate surface area is 86.6 Å². The largest absolute Gasteiger partial charge is 0.480 e. The van der Waals surface area contributed by atoms with Crippen molar-refractivity contribution < 1.29 is 9.90 Å². The molecule has 0 saturated heterocycles. The molecule has 2 N–H and O–H groups in total. The van der Waals surface area contributed by atoms with E-state index in [1.807, 2.05) is 0 Å². The molecule has 6 heteroatoms. The number of aromatic nitrogens is 2. The summed E-state index contributed by atoms with van der Waals surface area (Å²) >= 11 is 0. The number of aromatic amines is 1. The molecule has 1 rings (SSSR count). The number of rotatable bonds is 3. The number of carbonyl (C=O) groups is 1. The van der Waals surface area contributed by atoms with Gasteiger partial charge in [-0.3, -0.25) is 4.79 Å². The van der Waals surface area contributed by atoms with E-state index >= 15 is 0 Å². The van der Waals surface area contributed by atoms with Crippen LogP contribution in [0.3, 0.4) is 0 Å². The Hall–Kier alpha value is -1.85. The fourth-order valence-corrected chi connectivity index (χ4v) is 0.971. The third kappa shape index (κ3) is 2.15. The molecule has 0 spiro atoms. The first-order chi connectivity index (χ1) is 6.85. The summed E-state index contributed by atoms with van der Waals surface area (Å²) in [5.41, 5.74) is -1.42. The molecule has 0 radical (unpaired) electrons. The van der Waals surface area contributed by atoms with E-state index in [2.05, 4.69) is 9.97 Å². The molecule has 0 saturated carbocycles. The van der Waals surface area contributed by atoms with E-state index in [1.165, 1.54) is 31.1 Å². The Morgan fingerprint density at radius 2 is 2.20 bits per heavy atom. The zero-order chi connectivity index (χ0) is 11.6. The van der Waals surface area contributed by atoms with Gasteiger partial charge in [0.1, 0.15) is 11.4 Å². The summed E-state index contributed by atoms with van der Waals surface area (Å²) in [6.45, 7) is 3.08. The predicted molar refractivity (Wildman–Crippen MR) is 55.0 cm³/mol. The van der Waals surface area contributed by atoms with E-state index < -0.39 is 11.5 Å². The van der Waals surface area contributed by atoms with E-state index in [0.29, 0.717) is 5.82 Å². The maximum Gasteiger partial charge on any atom is 0.328 e. The molecule has 82 valence electrons. The summed E-state index contributed by atoms with van der Waals surface area (Å²) in [6.07, 6.45) is 1.24. The lowest BCUT2D eigenvalue weighted by Crippen LogP contribution is -2.48. The van der Waals surface area contributed by atoms with Crippen LogP contribution in [-0.4, -0.2) is 33.6 Å². The van der Waals surface area contributed by atoms with Gasteiger partial charge in [-0.1, -0.05) is 0 Å². The van der Waals surface area contributed by atoms with Gasteiger partial charge in [-0.25, -0.2) is 9.78 Å². The van der Waals surface area contributed by atoms with Crippen LogP contribution in [0.1, 0.15) is 13.8 Å². The van der Waals surface area contributed by atoms with Crippen molar-refractivity contribution in [2.45, 2.75) is 19.4 Å².